The summed E-state index contributed by atoms with van der Waals surface area (Å²) < 4.78 is 12.9. The van der Waals surface area contributed by atoms with E-state index < -0.39 is 36.8 Å². The fourth-order valence-electron chi connectivity index (χ4n) is 2.34. The molecule has 1 aliphatic rings. The van der Waals surface area contributed by atoms with Crippen LogP contribution >= 0.6 is 11.6 Å². The van der Waals surface area contributed by atoms with Crippen LogP contribution in [0.25, 0.3) is 0 Å². The third-order valence-corrected chi connectivity index (χ3v) is 9.91. The Morgan fingerprint density at radius 3 is 2.48 bits per heavy atom. The van der Waals surface area contributed by atoms with Crippen LogP contribution in [0.4, 0.5) is 0 Å². The van der Waals surface area contributed by atoms with Crippen LogP contribution in [0, 0.1) is 0 Å². The molecule has 2 heterocycles. The van der Waals surface area contributed by atoms with Crippen molar-refractivity contribution in [2.75, 3.05) is 6.61 Å². The molecule has 1 saturated heterocycles. The Morgan fingerprint density at radius 1 is 1.36 bits per heavy atom. The minimum Gasteiger partial charge on any atom is -0.414 e. The highest BCUT2D eigenvalue weighted by Gasteiger charge is 2.54. The number of hydrogen-bond donors (Lipinski definition) is 1. The fourth-order valence-corrected chi connectivity index (χ4v) is 3.62. The minimum atomic E-state index is -2.06. The third kappa shape index (κ3) is 3.81. The molecule has 0 spiro atoms. The molecule has 1 N–H and O–H groups in total. The third-order valence-electron chi connectivity index (χ3n) is 5.04. The van der Waals surface area contributed by atoms with Crippen LogP contribution in [-0.4, -0.2) is 41.2 Å². The van der Waals surface area contributed by atoms with Gasteiger partial charge in [-0.25, -0.2) is 4.79 Å². The van der Waals surface area contributed by atoms with Gasteiger partial charge < -0.3 is 9.16 Å². The van der Waals surface area contributed by atoms with Crippen molar-refractivity contribution in [2.45, 2.75) is 63.0 Å². The first-order chi connectivity index (χ1) is 11.3. The van der Waals surface area contributed by atoms with Crippen molar-refractivity contribution in [1.29, 1.82) is 0 Å². The van der Waals surface area contributed by atoms with E-state index in [1.165, 1.54) is 19.2 Å². The molecule has 0 saturated carbocycles. The van der Waals surface area contributed by atoms with E-state index in [1.807, 2.05) is 0 Å². The van der Waals surface area contributed by atoms with Crippen LogP contribution in [-0.2, 0) is 14.0 Å². The first-order valence-electron chi connectivity index (χ1n) is 8.11. The average Bonchev–Trinajstić information content (AvgIpc) is 2.67. The number of hydrogen-bond acceptors (Lipinski definition) is 5. The molecule has 0 aliphatic carbocycles. The molecule has 0 bridgehead atoms. The van der Waals surface area contributed by atoms with E-state index in [0.29, 0.717) is 0 Å². The maximum absolute atomic E-state index is 12.6. The number of nitrogens with one attached hydrogen (secondary N) is 1. The topological polar surface area (TPSA) is 90.4 Å². The summed E-state index contributed by atoms with van der Waals surface area (Å²) in [5.41, 5.74) is -1.21. The van der Waals surface area contributed by atoms with Crippen molar-refractivity contribution < 1.29 is 14.0 Å². The lowest BCUT2D eigenvalue weighted by molar-refractivity contribution is -0.125. The first kappa shape index (κ1) is 20.1. The molecule has 0 aromatic carbocycles. The van der Waals surface area contributed by atoms with Crippen LogP contribution in [0.3, 0.4) is 0 Å². The number of aromatic nitrogens is 2. The van der Waals surface area contributed by atoms with E-state index in [9.17, 15) is 14.4 Å². The normalized spacial score (nSPS) is 27.7. The number of ether oxygens (including phenoxy) is 1. The summed E-state index contributed by atoms with van der Waals surface area (Å²) in [4.78, 5) is 36.6. The molecule has 1 aromatic rings. The highest BCUT2D eigenvalue weighted by molar-refractivity contribution is 6.74. The monoisotopic (exact) mass is 388 g/mol. The second kappa shape index (κ2) is 6.50. The van der Waals surface area contributed by atoms with Crippen molar-refractivity contribution in [3.63, 3.8) is 0 Å². The first-order valence-corrected chi connectivity index (χ1v) is 11.4. The zero-order valence-electron chi connectivity index (χ0n) is 15.4. The number of halogens is 1. The Kier molecular flexibility index (Phi) is 5.22. The Balaban J connectivity index is 2.24. The zero-order chi connectivity index (χ0) is 19.2. The molecule has 0 radical (unpaired) electrons. The smallest absolute Gasteiger partial charge is 0.330 e. The van der Waals surface area contributed by atoms with Crippen molar-refractivity contribution >= 4 is 25.7 Å². The van der Waals surface area contributed by atoms with E-state index in [0.717, 1.165) is 4.57 Å². The number of rotatable bonds is 4. The summed E-state index contributed by atoms with van der Waals surface area (Å²) in [6, 6.07) is 1.18. The van der Waals surface area contributed by atoms with Gasteiger partial charge in [-0.1, -0.05) is 20.8 Å². The molecular formula is C16H25ClN2O5Si. The SMILES string of the molecule is CC(C)(C)[Si](C)(C)OC[C@H]1O[C@@H](n2ccc(=O)[nH]c2=O)[C@](C)(Cl)C1=O. The van der Waals surface area contributed by atoms with Gasteiger partial charge in [-0.05, 0) is 25.1 Å². The number of H-pyrrole nitrogens is 1. The Morgan fingerprint density at radius 2 is 1.96 bits per heavy atom. The number of ketones is 1. The van der Waals surface area contributed by atoms with Crippen LogP contribution in [0.5, 0.6) is 0 Å². The predicted molar refractivity (Wildman–Crippen MR) is 97.6 cm³/mol. The zero-order valence-corrected chi connectivity index (χ0v) is 17.1. The molecule has 0 unspecified atom stereocenters. The Labute approximate surface area is 152 Å². The maximum Gasteiger partial charge on any atom is 0.330 e. The molecular weight excluding hydrogens is 364 g/mol. The summed E-state index contributed by atoms with van der Waals surface area (Å²) >= 11 is 6.39. The van der Waals surface area contributed by atoms with Crippen LogP contribution < -0.4 is 11.2 Å². The summed E-state index contributed by atoms with van der Waals surface area (Å²) in [6.07, 6.45) is -0.601. The minimum absolute atomic E-state index is 0.00578. The van der Waals surface area contributed by atoms with Crippen LogP contribution in [0.1, 0.15) is 33.9 Å². The largest absolute Gasteiger partial charge is 0.414 e. The van der Waals surface area contributed by atoms with Crippen molar-refractivity contribution in [3.05, 3.63) is 33.1 Å². The van der Waals surface area contributed by atoms with Gasteiger partial charge in [-0.2, -0.15) is 0 Å². The second-order valence-corrected chi connectivity index (χ2v) is 13.6. The van der Waals surface area contributed by atoms with Gasteiger partial charge in [0.25, 0.3) is 5.56 Å². The average molecular weight is 389 g/mol. The van der Waals surface area contributed by atoms with Gasteiger partial charge in [0.2, 0.25) is 0 Å². The molecule has 1 aromatic heterocycles. The van der Waals surface area contributed by atoms with Gasteiger partial charge in [0.05, 0.1) is 6.61 Å². The van der Waals surface area contributed by atoms with E-state index in [1.54, 1.807) is 0 Å². The van der Waals surface area contributed by atoms with Gasteiger partial charge in [-0.15, -0.1) is 11.6 Å². The maximum atomic E-state index is 12.6. The van der Waals surface area contributed by atoms with Gasteiger partial charge in [0.15, 0.2) is 20.3 Å². The molecule has 140 valence electrons. The predicted octanol–water partition coefficient (Wildman–Crippen LogP) is 2.02. The quantitative estimate of drug-likeness (QED) is 0.629. The molecule has 9 heteroatoms. The molecule has 25 heavy (non-hydrogen) atoms. The van der Waals surface area contributed by atoms with Crippen molar-refractivity contribution in [2.24, 2.45) is 0 Å². The molecule has 3 atom stereocenters. The molecule has 1 fully saturated rings. The highest BCUT2D eigenvalue weighted by Crippen LogP contribution is 2.41. The number of nitrogens with zero attached hydrogens (tertiary/aromatic N) is 1. The van der Waals surface area contributed by atoms with Crippen molar-refractivity contribution in [3.8, 4) is 0 Å². The summed E-state index contributed by atoms with van der Waals surface area (Å²) in [5.74, 6) is -0.337. The lowest BCUT2D eigenvalue weighted by atomic mass is 10.0. The van der Waals surface area contributed by atoms with E-state index in [4.69, 9.17) is 20.8 Å². The summed E-state index contributed by atoms with van der Waals surface area (Å²) in [7, 11) is -2.06. The number of alkyl halides is 1. The highest BCUT2D eigenvalue weighted by atomic mass is 35.5. The lowest BCUT2D eigenvalue weighted by Gasteiger charge is -2.36. The summed E-state index contributed by atoms with van der Waals surface area (Å²) in [5, 5.41) is -0.00578. The number of carbonyl (C=O) groups is 1. The number of aromatic amines is 1. The standard InChI is InChI=1S/C16H25ClN2O5Si/c1-15(2,3)25(5,6)23-9-10-12(21)16(4,17)13(24-10)19-8-7-11(20)18-14(19)22/h7-8,10,13H,9H2,1-6H3,(H,18,20,22)/t10-,13-,16-/m1/s1. The van der Waals surface area contributed by atoms with Gasteiger partial charge in [0, 0.05) is 12.3 Å². The van der Waals surface area contributed by atoms with Crippen molar-refractivity contribution in [1.82, 2.24) is 9.55 Å². The van der Waals surface area contributed by atoms with Crippen LogP contribution in [0.2, 0.25) is 18.1 Å². The lowest BCUT2D eigenvalue weighted by Crippen LogP contribution is -2.44. The fraction of sp³-hybridized carbons (Fsp3) is 0.688. The van der Waals surface area contributed by atoms with Gasteiger partial charge in [0.1, 0.15) is 11.0 Å². The molecule has 2 rings (SSSR count). The van der Waals surface area contributed by atoms with E-state index >= 15 is 0 Å². The molecule has 0 amide bonds. The van der Waals surface area contributed by atoms with Gasteiger partial charge in [-0.3, -0.25) is 19.1 Å². The molecule has 7 nitrogen and oxygen atoms in total. The van der Waals surface area contributed by atoms with E-state index in [2.05, 4.69) is 38.8 Å². The summed E-state index contributed by atoms with van der Waals surface area (Å²) in [6.45, 7) is 12.1. The second-order valence-electron chi connectivity index (χ2n) is 8.01. The number of carbonyl (C=O) groups excluding carboxylic acids is 1. The van der Waals surface area contributed by atoms with Gasteiger partial charge >= 0.3 is 5.69 Å². The number of Topliss-reactive ketones (excluding diaryl/α,β-unsaturated/α-hetero) is 1. The molecule has 1 aliphatic heterocycles. The Hall–Kier alpha value is -1.22. The Bertz CT molecular complexity index is 778. The van der Waals surface area contributed by atoms with E-state index in [-0.39, 0.29) is 17.4 Å². The van der Waals surface area contributed by atoms with Crippen LogP contribution in [0.15, 0.2) is 21.9 Å².